The molecule has 3 atom stereocenters. The highest BCUT2D eigenvalue weighted by Crippen LogP contribution is 2.41. The fraction of sp³-hybridized carbons (Fsp3) is 0.375. The van der Waals surface area contributed by atoms with E-state index < -0.39 is 5.60 Å². The first-order valence-corrected chi connectivity index (χ1v) is 17.4. The van der Waals surface area contributed by atoms with Crippen LogP contribution in [0.1, 0.15) is 53.3 Å². The second kappa shape index (κ2) is 14.5. The lowest BCUT2D eigenvalue weighted by Crippen LogP contribution is -2.55. The molecule has 1 amide bonds. The molecule has 1 saturated carbocycles. The highest BCUT2D eigenvalue weighted by molar-refractivity contribution is 5.98. The molecule has 0 spiro atoms. The molecule has 9 nitrogen and oxygen atoms in total. The number of benzene rings is 3. The number of imidazole rings is 1. The van der Waals surface area contributed by atoms with Crippen molar-refractivity contribution in [2.24, 2.45) is 7.05 Å². The lowest BCUT2D eigenvalue weighted by atomic mass is 9.80. The number of aromatic nitrogens is 4. The van der Waals surface area contributed by atoms with E-state index >= 15 is 0 Å². The lowest BCUT2D eigenvalue weighted by Gasteiger charge is -2.42. The van der Waals surface area contributed by atoms with E-state index in [1.165, 1.54) is 11.1 Å². The minimum Gasteiger partial charge on any atom is -0.385 e. The summed E-state index contributed by atoms with van der Waals surface area (Å²) in [6, 6.07) is 30.7. The van der Waals surface area contributed by atoms with E-state index in [9.17, 15) is 9.90 Å². The minimum atomic E-state index is -1.04. The molecular formula is C40H46N6O3. The average Bonchev–Trinajstić information content (AvgIpc) is 3.76. The zero-order valence-corrected chi connectivity index (χ0v) is 28.5. The number of aryl methyl sites for hydroxylation is 1. The van der Waals surface area contributed by atoms with E-state index in [4.69, 9.17) is 9.72 Å². The van der Waals surface area contributed by atoms with Gasteiger partial charge in [0.2, 0.25) is 0 Å². The maximum absolute atomic E-state index is 14.9. The minimum absolute atomic E-state index is 0.0777. The van der Waals surface area contributed by atoms with Crippen molar-refractivity contribution in [3.05, 3.63) is 120 Å². The summed E-state index contributed by atoms with van der Waals surface area (Å²) in [7, 11) is 3.60. The van der Waals surface area contributed by atoms with Crippen molar-refractivity contribution in [2.75, 3.05) is 33.4 Å². The van der Waals surface area contributed by atoms with E-state index in [-0.39, 0.29) is 24.6 Å². The van der Waals surface area contributed by atoms with Gasteiger partial charge in [-0.15, -0.1) is 0 Å². The van der Waals surface area contributed by atoms with Crippen LogP contribution in [-0.2, 0) is 24.8 Å². The molecule has 2 aromatic heterocycles. The molecule has 2 fully saturated rings. The summed E-state index contributed by atoms with van der Waals surface area (Å²) in [6.45, 7) is 3.14. The SMILES string of the molecule is COC[C@]1(O)CCCC[C@H]1n1cnc(C(=O)N2CCN(Cc3ccccc3)C[C@H]2Cc2ccccc2-c2ccnn2C)c1-c1ccccc1. The van der Waals surface area contributed by atoms with Crippen molar-refractivity contribution in [2.45, 2.75) is 56.3 Å². The maximum atomic E-state index is 14.9. The van der Waals surface area contributed by atoms with Crippen LogP contribution in [0.3, 0.4) is 0 Å². The lowest BCUT2D eigenvalue weighted by molar-refractivity contribution is -0.0893. The van der Waals surface area contributed by atoms with Gasteiger partial charge in [0, 0.05) is 63.7 Å². The number of aliphatic hydroxyl groups is 1. The monoisotopic (exact) mass is 658 g/mol. The normalized spacial score (nSPS) is 21.6. The van der Waals surface area contributed by atoms with Crippen molar-refractivity contribution in [1.82, 2.24) is 29.1 Å². The van der Waals surface area contributed by atoms with Crippen LogP contribution in [-0.4, -0.2) is 85.1 Å². The molecule has 1 saturated heterocycles. The average molecular weight is 659 g/mol. The standard InChI is InChI=1S/C40H46N6O3/c1-43-35(20-22-42-43)34-18-10-9-17-32(34)25-33-27-44(26-30-13-5-3-6-14-30)23-24-45(33)39(47)37-38(31-15-7-4-8-16-31)46(29-41-37)36-19-11-12-21-40(36,48)28-49-2/h3-10,13-18,20,22,29,33,36,48H,11-12,19,21,23-28H2,1-2H3/t33-,36-,40-/m1/s1. The predicted molar refractivity (Wildman–Crippen MR) is 191 cm³/mol. The number of rotatable bonds is 10. The van der Waals surface area contributed by atoms with Gasteiger partial charge in [-0.2, -0.15) is 5.10 Å². The Balaban J connectivity index is 1.26. The molecular weight excluding hydrogens is 612 g/mol. The van der Waals surface area contributed by atoms with Gasteiger partial charge < -0.3 is 19.3 Å². The number of piperazine rings is 1. The van der Waals surface area contributed by atoms with Crippen LogP contribution in [0.15, 0.2) is 104 Å². The number of hydrogen-bond acceptors (Lipinski definition) is 6. The number of carbonyl (C=O) groups excluding carboxylic acids is 1. The van der Waals surface area contributed by atoms with Gasteiger partial charge in [-0.3, -0.25) is 14.4 Å². The maximum Gasteiger partial charge on any atom is 0.275 e. The molecule has 1 aliphatic heterocycles. The molecule has 7 rings (SSSR count). The van der Waals surface area contributed by atoms with Crippen LogP contribution < -0.4 is 0 Å². The third-order valence-corrected chi connectivity index (χ3v) is 10.4. The Morgan fingerprint density at radius 1 is 0.959 bits per heavy atom. The number of carbonyl (C=O) groups is 1. The molecule has 0 unspecified atom stereocenters. The summed E-state index contributed by atoms with van der Waals surface area (Å²) in [5.41, 5.74) is 5.66. The molecule has 0 bridgehead atoms. The predicted octanol–water partition coefficient (Wildman–Crippen LogP) is 6.01. The molecule has 2 aliphatic rings. The van der Waals surface area contributed by atoms with Crippen LogP contribution >= 0.6 is 0 Å². The van der Waals surface area contributed by atoms with Gasteiger partial charge in [0.05, 0.1) is 30.4 Å². The van der Waals surface area contributed by atoms with Crippen LogP contribution in [0.25, 0.3) is 22.5 Å². The molecule has 9 heteroatoms. The Hall–Kier alpha value is -4.57. The van der Waals surface area contributed by atoms with Gasteiger partial charge in [0.1, 0.15) is 5.60 Å². The van der Waals surface area contributed by atoms with Crippen molar-refractivity contribution >= 4 is 5.91 Å². The Bertz CT molecular complexity index is 1850. The fourth-order valence-corrected chi connectivity index (χ4v) is 7.98. The Labute approximate surface area is 288 Å². The van der Waals surface area contributed by atoms with Crippen molar-refractivity contribution in [1.29, 1.82) is 0 Å². The smallest absolute Gasteiger partial charge is 0.275 e. The number of ether oxygens (including phenoxy) is 1. The van der Waals surface area contributed by atoms with E-state index in [0.717, 1.165) is 61.4 Å². The molecule has 49 heavy (non-hydrogen) atoms. The zero-order chi connectivity index (χ0) is 33.8. The second-order valence-electron chi connectivity index (χ2n) is 13.6. The first-order chi connectivity index (χ1) is 23.9. The summed E-state index contributed by atoms with van der Waals surface area (Å²) < 4.78 is 9.49. The highest BCUT2D eigenvalue weighted by Gasteiger charge is 2.42. The molecule has 3 aromatic carbocycles. The van der Waals surface area contributed by atoms with Gasteiger partial charge in [-0.05, 0) is 36.5 Å². The van der Waals surface area contributed by atoms with E-state index in [1.807, 2.05) is 65.3 Å². The fourth-order valence-electron chi connectivity index (χ4n) is 7.98. The van der Waals surface area contributed by atoms with Gasteiger partial charge in [0.25, 0.3) is 5.91 Å². The number of nitrogens with zero attached hydrogens (tertiary/aromatic N) is 6. The van der Waals surface area contributed by atoms with Crippen LogP contribution in [0, 0.1) is 0 Å². The van der Waals surface area contributed by atoms with Gasteiger partial charge in [0.15, 0.2) is 5.69 Å². The van der Waals surface area contributed by atoms with Gasteiger partial charge in [-0.1, -0.05) is 97.8 Å². The summed E-state index contributed by atoms with van der Waals surface area (Å²) in [4.78, 5) is 24.3. The Kier molecular flexibility index (Phi) is 9.75. The topological polar surface area (TPSA) is 88.6 Å². The van der Waals surface area contributed by atoms with Crippen molar-refractivity contribution < 1.29 is 14.6 Å². The van der Waals surface area contributed by atoms with Gasteiger partial charge in [-0.25, -0.2) is 4.98 Å². The summed E-state index contributed by atoms with van der Waals surface area (Å²) in [5, 5.41) is 16.3. The first-order valence-electron chi connectivity index (χ1n) is 17.4. The van der Waals surface area contributed by atoms with Gasteiger partial charge >= 0.3 is 0 Å². The molecule has 5 aromatic rings. The first kappa shape index (κ1) is 33.0. The third-order valence-electron chi connectivity index (χ3n) is 10.4. The molecule has 3 heterocycles. The quantitative estimate of drug-likeness (QED) is 0.198. The summed E-state index contributed by atoms with van der Waals surface area (Å²) in [5.74, 6) is -0.0777. The molecule has 1 N–H and O–H groups in total. The Morgan fingerprint density at radius 2 is 1.71 bits per heavy atom. The third kappa shape index (κ3) is 6.84. The number of amides is 1. The largest absolute Gasteiger partial charge is 0.385 e. The molecule has 0 radical (unpaired) electrons. The second-order valence-corrected chi connectivity index (χ2v) is 13.6. The van der Waals surface area contributed by atoms with E-state index in [1.54, 1.807) is 13.4 Å². The van der Waals surface area contributed by atoms with E-state index in [2.05, 4.69) is 63.1 Å². The van der Waals surface area contributed by atoms with Crippen molar-refractivity contribution in [3.63, 3.8) is 0 Å². The van der Waals surface area contributed by atoms with Crippen LogP contribution in [0.4, 0.5) is 0 Å². The molecule has 254 valence electrons. The number of methoxy groups -OCH3 is 1. The van der Waals surface area contributed by atoms with E-state index in [0.29, 0.717) is 25.1 Å². The summed E-state index contributed by atoms with van der Waals surface area (Å²) in [6.07, 6.45) is 7.64. The summed E-state index contributed by atoms with van der Waals surface area (Å²) >= 11 is 0. The van der Waals surface area contributed by atoms with Crippen molar-refractivity contribution in [3.8, 4) is 22.5 Å². The zero-order valence-electron chi connectivity index (χ0n) is 28.5. The Morgan fingerprint density at radius 3 is 2.47 bits per heavy atom. The molecule has 1 aliphatic carbocycles. The number of hydrogen-bond donors (Lipinski definition) is 1. The highest BCUT2D eigenvalue weighted by atomic mass is 16.5. The van der Waals surface area contributed by atoms with Crippen LogP contribution in [0.5, 0.6) is 0 Å². The van der Waals surface area contributed by atoms with Crippen LogP contribution in [0.2, 0.25) is 0 Å².